The highest BCUT2D eigenvalue weighted by Gasteiger charge is 2.17. The summed E-state index contributed by atoms with van der Waals surface area (Å²) in [6, 6.07) is 10.3. The first-order valence-corrected chi connectivity index (χ1v) is 9.98. The predicted molar refractivity (Wildman–Crippen MR) is 118 cm³/mol. The van der Waals surface area contributed by atoms with Gasteiger partial charge < -0.3 is 15.2 Å². The minimum absolute atomic E-state index is 0.116. The first-order chi connectivity index (χ1) is 15.9. The van der Waals surface area contributed by atoms with Crippen molar-refractivity contribution in [3.05, 3.63) is 78.1 Å². The molecule has 10 nitrogen and oxygen atoms in total. The molecule has 0 aliphatic rings. The van der Waals surface area contributed by atoms with E-state index in [1.54, 1.807) is 24.5 Å². The average molecular weight is 446 g/mol. The van der Waals surface area contributed by atoms with Crippen LogP contribution < -0.4 is 10.6 Å². The van der Waals surface area contributed by atoms with Crippen LogP contribution in [0.25, 0.3) is 11.5 Å². The van der Waals surface area contributed by atoms with E-state index >= 15 is 0 Å². The number of amides is 2. The van der Waals surface area contributed by atoms with Crippen LogP contribution in [0.1, 0.15) is 40.6 Å². The zero-order chi connectivity index (χ0) is 23.4. The van der Waals surface area contributed by atoms with Crippen molar-refractivity contribution in [2.45, 2.75) is 19.9 Å². The quantitative estimate of drug-likeness (QED) is 0.465. The van der Waals surface area contributed by atoms with Crippen molar-refractivity contribution in [2.24, 2.45) is 0 Å². The number of anilines is 2. The highest BCUT2D eigenvalue weighted by atomic mass is 19.1. The number of hydrogen-bond acceptors (Lipinski definition) is 7. The molecule has 3 aromatic heterocycles. The molecule has 166 valence electrons. The van der Waals surface area contributed by atoms with Crippen molar-refractivity contribution in [2.75, 3.05) is 10.6 Å². The van der Waals surface area contributed by atoms with Crippen LogP contribution in [0.5, 0.6) is 0 Å². The van der Waals surface area contributed by atoms with Gasteiger partial charge in [0.15, 0.2) is 5.82 Å². The summed E-state index contributed by atoms with van der Waals surface area (Å²) in [5.74, 6) is -1.17. The second kappa shape index (κ2) is 9.30. The number of hydrogen-bond donors (Lipinski definition) is 2. The van der Waals surface area contributed by atoms with E-state index in [2.05, 4.69) is 36.0 Å². The van der Waals surface area contributed by atoms with E-state index in [4.69, 9.17) is 0 Å². The summed E-state index contributed by atoms with van der Waals surface area (Å²) in [6.45, 7) is 3.97. The fourth-order valence-corrected chi connectivity index (χ4v) is 3.02. The van der Waals surface area contributed by atoms with Gasteiger partial charge in [-0.25, -0.2) is 9.37 Å². The van der Waals surface area contributed by atoms with Gasteiger partial charge in [-0.1, -0.05) is 6.07 Å². The van der Waals surface area contributed by atoms with Crippen molar-refractivity contribution in [3.63, 3.8) is 0 Å². The lowest BCUT2D eigenvalue weighted by Crippen LogP contribution is -2.17. The molecular weight excluding hydrogens is 427 g/mol. The monoisotopic (exact) mass is 446 g/mol. The summed E-state index contributed by atoms with van der Waals surface area (Å²) in [5, 5.41) is 20.5. The van der Waals surface area contributed by atoms with E-state index in [0.29, 0.717) is 11.5 Å². The van der Waals surface area contributed by atoms with Crippen LogP contribution in [0, 0.1) is 5.82 Å². The van der Waals surface area contributed by atoms with E-state index in [1.165, 1.54) is 30.6 Å². The molecule has 0 spiro atoms. The number of carbonyl (C=O) groups is 2. The van der Waals surface area contributed by atoms with Crippen molar-refractivity contribution < 1.29 is 14.0 Å². The third-order valence-electron chi connectivity index (χ3n) is 4.66. The lowest BCUT2D eigenvalue weighted by atomic mass is 10.1. The standard InChI is InChI=1S/C22H19FN8O2/c1-13(2)31-12-26-30-20(31)18-4-3-5-19(28-18)29-22(33)16-10-15(6-7-17(16)23)27-21(32)14-8-9-24-25-11-14/h3-13H,1-2H3,(H,27,32)(H,28,29,33). The predicted octanol–water partition coefficient (Wildman–Crippen LogP) is 3.35. The summed E-state index contributed by atoms with van der Waals surface area (Å²) in [7, 11) is 0. The Bertz CT molecular complexity index is 1310. The van der Waals surface area contributed by atoms with Crippen LogP contribution in [0.15, 0.2) is 61.2 Å². The van der Waals surface area contributed by atoms with Gasteiger partial charge in [0.1, 0.15) is 23.7 Å². The largest absolute Gasteiger partial charge is 0.322 e. The van der Waals surface area contributed by atoms with Crippen LogP contribution in [0.3, 0.4) is 0 Å². The Morgan fingerprint density at radius 1 is 1.00 bits per heavy atom. The average Bonchev–Trinajstić information content (AvgIpc) is 3.31. The van der Waals surface area contributed by atoms with Crippen LogP contribution >= 0.6 is 0 Å². The van der Waals surface area contributed by atoms with Gasteiger partial charge >= 0.3 is 0 Å². The summed E-state index contributed by atoms with van der Waals surface area (Å²) in [6.07, 6.45) is 4.28. The molecule has 11 heteroatoms. The van der Waals surface area contributed by atoms with E-state index < -0.39 is 17.6 Å². The van der Waals surface area contributed by atoms with Crippen LogP contribution in [-0.4, -0.2) is 41.8 Å². The Morgan fingerprint density at radius 3 is 2.61 bits per heavy atom. The number of benzene rings is 1. The second-order valence-corrected chi connectivity index (χ2v) is 7.30. The van der Waals surface area contributed by atoms with Gasteiger partial charge in [-0.15, -0.1) is 10.2 Å². The van der Waals surface area contributed by atoms with Gasteiger partial charge in [0.25, 0.3) is 11.8 Å². The maximum atomic E-state index is 14.4. The summed E-state index contributed by atoms with van der Waals surface area (Å²) in [5.41, 5.74) is 0.773. The molecule has 0 saturated carbocycles. The summed E-state index contributed by atoms with van der Waals surface area (Å²) in [4.78, 5) is 29.5. The number of nitrogens with zero attached hydrogens (tertiary/aromatic N) is 6. The lowest BCUT2D eigenvalue weighted by molar-refractivity contribution is 0.101. The molecule has 2 N–H and O–H groups in total. The van der Waals surface area contributed by atoms with Crippen molar-refractivity contribution in [1.29, 1.82) is 0 Å². The van der Waals surface area contributed by atoms with Gasteiger partial charge in [-0.05, 0) is 50.2 Å². The molecule has 4 aromatic rings. The Morgan fingerprint density at radius 2 is 1.85 bits per heavy atom. The van der Waals surface area contributed by atoms with Gasteiger partial charge in [-0.2, -0.15) is 10.2 Å². The Hall–Kier alpha value is -4.54. The molecule has 0 atom stereocenters. The fraction of sp³-hybridized carbons (Fsp3) is 0.136. The Labute approximate surface area is 187 Å². The molecule has 0 radical (unpaired) electrons. The zero-order valence-corrected chi connectivity index (χ0v) is 17.7. The van der Waals surface area contributed by atoms with E-state index in [-0.39, 0.29) is 28.7 Å². The van der Waals surface area contributed by atoms with Crippen LogP contribution in [-0.2, 0) is 0 Å². The Kier molecular flexibility index (Phi) is 6.11. The summed E-state index contributed by atoms with van der Waals surface area (Å²) >= 11 is 0. The molecule has 0 unspecified atom stereocenters. The minimum atomic E-state index is -0.744. The molecule has 2 amide bonds. The molecule has 0 aliphatic heterocycles. The second-order valence-electron chi connectivity index (χ2n) is 7.30. The topological polar surface area (TPSA) is 128 Å². The first kappa shape index (κ1) is 21.7. The SMILES string of the molecule is CC(C)n1cnnc1-c1cccc(NC(=O)c2cc(NC(=O)c3ccnnc3)ccc2F)n1. The third-order valence-corrected chi connectivity index (χ3v) is 4.66. The van der Waals surface area contributed by atoms with E-state index in [9.17, 15) is 14.0 Å². The molecule has 0 bridgehead atoms. The normalized spacial score (nSPS) is 10.8. The molecule has 0 aliphatic carbocycles. The Balaban J connectivity index is 1.54. The van der Waals surface area contributed by atoms with Gasteiger partial charge in [0, 0.05) is 11.7 Å². The number of carbonyl (C=O) groups excluding carboxylic acids is 2. The molecule has 4 rings (SSSR count). The van der Waals surface area contributed by atoms with Crippen LogP contribution in [0.4, 0.5) is 15.9 Å². The maximum Gasteiger partial charge on any atom is 0.259 e. The van der Waals surface area contributed by atoms with Gasteiger partial charge in [0.2, 0.25) is 0 Å². The first-order valence-electron chi connectivity index (χ1n) is 9.98. The van der Waals surface area contributed by atoms with Gasteiger partial charge in [-0.3, -0.25) is 9.59 Å². The number of rotatable bonds is 6. The third kappa shape index (κ3) is 4.87. The molecule has 1 aromatic carbocycles. The highest BCUT2D eigenvalue weighted by Crippen LogP contribution is 2.21. The van der Waals surface area contributed by atoms with Gasteiger partial charge in [0.05, 0.1) is 23.5 Å². The van der Waals surface area contributed by atoms with Crippen molar-refractivity contribution >= 4 is 23.3 Å². The zero-order valence-electron chi connectivity index (χ0n) is 17.7. The summed E-state index contributed by atoms with van der Waals surface area (Å²) < 4.78 is 16.2. The fourth-order valence-electron chi connectivity index (χ4n) is 3.02. The highest BCUT2D eigenvalue weighted by molar-refractivity contribution is 6.07. The van der Waals surface area contributed by atoms with E-state index in [1.807, 2.05) is 18.4 Å². The molecule has 0 saturated heterocycles. The molecular formula is C22H19FN8O2. The van der Waals surface area contributed by atoms with E-state index in [0.717, 1.165) is 6.07 Å². The number of nitrogens with one attached hydrogen (secondary N) is 2. The maximum absolute atomic E-state index is 14.4. The van der Waals surface area contributed by atoms with Crippen molar-refractivity contribution in [1.82, 2.24) is 29.9 Å². The number of halogens is 1. The lowest BCUT2D eigenvalue weighted by Gasteiger charge is -2.11. The molecule has 33 heavy (non-hydrogen) atoms. The van der Waals surface area contributed by atoms with Crippen LogP contribution in [0.2, 0.25) is 0 Å². The molecule has 3 heterocycles. The van der Waals surface area contributed by atoms with Crippen molar-refractivity contribution in [3.8, 4) is 11.5 Å². The minimum Gasteiger partial charge on any atom is -0.322 e. The number of pyridine rings is 1. The smallest absolute Gasteiger partial charge is 0.259 e. The number of aromatic nitrogens is 6. The molecule has 0 fully saturated rings.